The van der Waals surface area contributed by atoms with Crippen LogP contribution >= 0.6 is 0 Å². The summed E-state index contributed by atoms with van der Waals surface area (Å²) in [5.41, 5.74) is -2.88. The van der Waals surface area contributed by atoms with Gasteiger partial charge in [0.2, 0.25) is 5.95 Å². The van der Waals surface area contributed by atoms with Crippen molar-refractivity contribution in [2.75, 3.05) is 0 Å². The zero-order valence-corrected chi connectivity index (χ0v) is 28.4. The summed E-state index contributed by atoms with van der Waals surface area (Å²) in [6, 6.07) is -4.11. The normalized spacial score (nSPS) is 17.6. The van der Waals surface area contributed by atoms with Crippen LogP contribution in [0.4, 0.5) is 0 Å². The topological polar surface area (TPSA) is 48.5 Å². The van der Waals surface area contributed by atoms with Crippen LogP contribution in [-0.2, 0) is 0 Å². The van der Waals surface area contributed by atoms with Gasteiger partial charge >= 0.3 is 0 Å². The largest absolute Gasteiger partial charge is 0.309 e. The Kier molecular flexibility index (Phi) is 3.73. The second-order valence-corrected chi connectivity index (χ2v) is 12.2. The number of hydrogen-bond acceptors (Lipinski definition) is 3. The third kappa shape index (κ3) is 5.13. The number of fused-ring (bicyclic) bond motifs is 7. The molecule has 262 valence electrons. The molecular formula is C51H33N5. The number of nitrogens with zero attached hydrogens (tertiary/aromatic N) is 5. The molecule has 11 aromatic rings. The van der Waals surface area contributed by atoms with Crippen molar-refractivity contribution in [1.82, 2.24) is 24.1 Å². The molecule has 5 nitrogen and oxygen atoms in total. The summed E-state index contributed by atoms with van der Waals surface area (Å²) >= 11 is 0. The van der Waals surface area contributed by atoms with Gasteiger partial charge in [-0.25, -0.2) is 4.98 Å². The van der Waals surface area contributed by atoms with E-state index in [1.54, 1.807) is 54.6 Å². The Hall–Kier alpha value is -7.63. The van der Waals surface area contributed by atoms with Crippen LogP contribution in [0, 0.1) is 0 Å². The van der Waals surface area contributed by atoms with Crippen LogP contribution in [0.15, 0.2) is 200 Å². The number of benzene rings is 8. The molecule has 0 unspecified atom stereocenters. The second kappa shape index (κ2) is 13.0. The van der Waals surface area contributed by atoms with Crippen molar-refractivity contribution in [3.05, 3.63) is 200 Å². The van der Waals surface area contributed by atoms with Crippen LogP contribution in [0.25, 0.3) is 100 Å². The molecule has 11 rings (SSSR count). The average molecular weight is 740 g/mol. The smallest absolute Gasteiger partial charge is 0.238 e. The first-order chi connectivity index (χ1) is 37.8. The summed E-state index contributed by atoms with van der Waals surface area (Å²) in [5, 5.41) is -1.11. The fraction of sp³-hybridized carbons (Fsp3) is 0. The highest BCUT2D eigenvalue weighted by Gasteiger charge is 2.23. The third-order valence-corrected chi connectivity index (χ3v) is 9.13. The van der Waals surface area contributed by atoms with E-state index >= 15 is 0 Å². The van der Waals surface area contributed by atoms with Gasteiger partial charge in [0.1, 0.15) is 0 Å². The number of para-hydroxylation sites is 3. The Morgan fingerprint density at radius 1 is 0.357 bits per heavy atom. The van der Waals surface area contributed by atoms with E-state index in [4.69, 9.17) is 19.2 Å². The predicted molar refractivity (Wildman–Crippen MR) is 230 cm³/mol. The van der Waals surface area contributed by atoms with E-state index in [0.717, 1.165) is 4.57 Å². The SMILES string of the molecule is [2H]c1c([2H])c([2H])c(-c2nc(-c3c([2H])c([2H])c(-c4c([2H])c([2H])c([2H])c([2H])c4[2H])c([2H])c3[2H])nc(-n3c4c([2H])c([2H])c([2H])c([2H])c4c4c5c6c([2H])c([2H])c([2H])c([2H])c6n(-c6ccccc6-c6ccccc6)c5c([2H])c([2H])c43)n2)c([2H])c1[2H]. The maximum atomic E-state index is 9.99. The molecule has 0 aliphatic rings. The minimum Gasteiger partial charge on any atom is -0.309 e. The first kappa shape index (κ1) is 16.0. The first-order valence-electron chi connectivity index (χ1n) is 28.9. The summed E-state index contributed by atoms with van der Waals surface area (Å²) in [6.45, 7) is 0. The highest BCUT2D eigenvalue weighted by Crippen LogP contribution is 2.43. The summed E-state index contributed by atoms with van der Waals surface area (Å²) in [6.07, 6.45) is 0. The van der Waals surface area contributed by atoms with Gasteiger partial charge in [-0.15, -0.1) is 0 Å². The second-order valence-electron chi connectivity index (χ2n) is 12.2. The minimum atomic E-state index is -0.991. The van der Waals surface area contributed by atoms with Crippen molar-refractivity contribution in [2.45, 2.75) is 0 Å². The van der Waals surface area contributed by atoms with Crippen molar-refractivity contribution in [3.8, 4) is 56.7 Å². The van der Waals surface area contributed by atoms with Gasteiger partial charge in [-0.1, -0.05) is 169 Å². The molecule has 0 saturated carbocycles. The summed E-state index contributed by atoms with van der Waals surface area (Å²) in [7, 11) is 0. The molecule has 56 heavy (non-hydrogen) atoms. The van der Waals surface area contributed by atoms with E-state index in [1.807, 2.05) is 0 Å². The lowest BCUT2D eigenvalue weighted by Crippen LogP contribution is -2.06. The lowest BCUT2D eigenvalue weighted by molar-refractivity contribution is 0.953. The summed E-state index contributed by atoms with van der Waals surface area (Å²) in [4.78, 5) is 13.5. The van der Waals surface area contributed by atoms with Gasteiger partial charge in [0.05, 0.1) is 60.7 Å². The molecule has 0 fully saturated rings. The van der Waals surface area contributed by atoms with Crippen LogP contribution in [0.5, 0.6) is 0 Å². The molecule has 0 spiro atoms. The first-order valence-corrected chi connectivity index (χ1v) is 16.9. The van der Waals surface area contributed by atoms with Gasteiger partial charge in [-0.05, 0) is 46.9 Å². The maximum Gasteiger partial charge on any atom is 0.238 e. The standard InChI is InChI=1S/C51H33N5/c1-4-16-34(17-5-1)35-28-30-38(31-29-35)50-52-49(37-20-8-3-9-21-37)53-51(54-50)56-44-27-15-12-24-41(44)48-46(56)33-32-45-47(48)40-23-11-14-26-43(40)55(45)42-25-13-10-22-39(42)36-18-6-2-7-19-36/h1-33H/i1D,3D,4D,5D,8D,9D,11D,12D,14D,15D,16D,17D,20D,21D,23D,24D,26D,27D,28D,29D,30D,31D,32D,33D. The Morgan fingerprint density at radius 2 is 0.839 bits per heavy atom. The fourth-order valence-electron chi connectivity index (χ4n) is 6.78. The van der Waals surface area contributed by atoms with Crippen molar-refractivity contribution in [2.24, 2.45) is 0 Å². The lowest BCUT2D eigenvalue weighted by atomic mass is 10.0. The third-order valence-electron chi connectivity index (χ3n) is 9.13. The molecule has 0 bridgehead atoms. The minimum absolute atomic E-state index is 0.183. The molecule has 5 heteroatoms. The number of hydrogen-bond donors (Lipinski definition) is 0. The molecule has 0 aliphatic heterocycles. The molecule has 3 heterocycles. The average Bonchev–Trinajstić information content (AvgIpc) is 4.11. The molecule has 0 N–H and O–H groups in total. The van der Waals surface area contributed by atoms with E-state index in [0.29, 0.717) is 11.1 Å². The van der Waals surface area contributed by atoms with Gasteiger partial charge in [0.15, 0.2) is 11.6 Å². The fourth-order valence-corrected chi connectivity index (χ4v) is 6.78. The van der Waals surface area contributed by atoms with Crippen LogP contribution in [0.2, 0.25) is 0 Å². The van der Waals surface area contributed by atoms with Crippen LogP contribution < -0.4 is 0 Å². The molecule has 3 aromatic heterocycles. The Balaban J connectivity index is 1.37. The molecule has 0 radical (unpaired) electrons. The van der Waals surface area contributed by atoms with Crippen molar-refractivity contribution in [3.63, 3.8) is 0 Å². The van der Waals surface area contributed by atoms with Crippen molar-refractivity contribution in [1.29, 1.82) is 0 Å². The van der Waals surface area contributed by atoms with Gasteiger partial charge in [0, 0.05) is 38.2 Å². The van der Waals surface area contributed by atoms with E-state index in [9.17, 15) is 13.7 Å². The molecule has 0 amide bonds. The molecule has 0 aliphatic carbocycles. The molecule has 0 atom stereocenters. The van der Waals surface area contributed by atoms with Crippen LogP contribution in [0.1, 0.15) is 32.9 Å². The van der Waals surface area contributed by atoms with Crippen molar-refractivity contribution < 1.29 is 32.9 Å². The molecular weight excluding hydrogens is 683 g/mol. The Morgan fingerprint density at radius 3 is 1.50 bits per heavy atom. The number of rotatable bonds is 6. The highest BCUT2D eigenvalue weighted by atomic mass is 15.2. The van der Waals surface area contributed by atoms with Crippen LogP contribution in [-0.4, -0.2) is 24.1 Å². The summed E-state index contributed by atoms with van der Waals surface area (Å²) in [5.74, 6) is -2.48. The quantitative estimate of drug-likeness (QED) is 0.171. The molecule has 8 aromatic carbocycles. The Bertz CT molecular complexity index is 4560. The van der Waals surface area contributed by atoms with Gasteiger partial charge in [0.25, 0.3) is 0 Å². The maximum absolute atomic E-state index is 9.99. The van der Waals surface area contributed by atoms with Gasteiger partial charge < -0.3 is 4.57 Å². The predicted octanol–water partition coefficient (Wildman–Crippen LogP) is 12.7. The van der Waals surface area contributed by atoms with Gasteiger partial charge in [-0.3, -0.25) is 4.57 Å². The zero-order chi connectivity index (χ0) is 57.9. The summed E-state index contributed by atoms with van der Waals surface area (Å²) < 4.78 is 218. The van der Waals surface area contributed by atoms with E-state index in [1.165, 1.54) is 4.57 Å². The Labute approximate surface area is 357 Å². The van der Waals surface area contributed by atoms with Crippen LogP contribution in [0.3, 0.4) is 0 Å². The monoisotopic (exact) mass is 739 g/mol. The van der Waals surface area contributed by atoms with Gasteiger partial charge in [-0.2, -0.15) is 9.97 Å². The van der Waals surface area contributed by atoms with E-state index in [2.05, 4.69) is 15.0 Å². The van der Waals surface area contributed by atoms with E-state index < -0.39 is 201 Å². The van der Waals surface area contributed by atoms with Crippen molar-refractivity contribution >= 4 is 43.6 Å². The zero-order valence-electron chi connectivity index (χ0n) is 52.4. The highest BCUT2D eigenvalue weighted by molar-refractivity contribution is 6.29. The molecule has 0 saturated heterocycles. The lowest BCUT2D eigenvalue weighted by Gasteiger charge is -2.14. The number of aromatic nitrogens is 5. The van der Waals surface area contributed by atoms with E-state index in [-0.39, 0.29) is 32.9 Å².